The Bertz CT molecular complexity index is 245. The maximum Gasteiger partial charge on any atom is 0.307 e. The number of ether oxygens (including phenoxy) is 1. The highest BCUT2D eigenvalue weighted by Gasteiger charge is 2.20. The standard InChI is InChI=1S/C14H26O2S/c1-11-6-5-7-12(10-11)17-9-8-13(15)16-14(2,3)4/h11-12H,5-10H2,1-4H3. The van der Waals surface area contributed by atoms with Gasteiger partial charge in [0.25, 0.3) is 0 Å². The van der Waals surface area contributed by atoms with E-state index in [1.54, 1.807) is 0 Å². The normalized spacial score (nSPS) is 25.6. The summed E-state index contributed by atoms with van der Waals surface area (Å²) >= 11 is 1.95. The van der Waals surface area contributed by atoms with Crippen LogP contribution < -0.4 is 0 Å². The maximum absolute atomic E-state index is 11.5. The molecule has 0 aromatic heterocycles. The van der Waals surface area contributed by atoms with Gasteiger partial charge in [-0.3, -0.25) is 4.79 Å². The van der Waals surface area contributed by atoms with Gasteiger partial charge in [-0.25, -0.2) is 0 Å². The van der Waals surface area contributed by atoms with Crippen molar-refractivity contribution in [2.75, 3.05) is 5.75 Å². The van der Waals surface area contributed by atoms with E-state index in [0.29, 0.717) is 6.42 Å². The van der Waals surface area contributed by atoms with Crippen LogP contribution in [0.4, 0.5) is 0 Å². The largest absolute Gasteiger partial charge is 0.460 e. The summed E-state index contributed by atoms with van der Waals surface area (Å²) in [5.74, 6) is 1.71. The van der Waals surface area contributed by atoms with Gasteiger partial charge in [-0.05, 0) is 39.5 Å². The van der Waals surface area contributed by atoms with E-state index in [4.69, 9.17) is 4.74 Å². The second-order valence-corrected chi connectivity index (χ2v) is 7.51. The molecule has 0 saturated heterocycles. The molecule has 0 radical (unpaired) electrons. The molecule has 1 rings (SSSR count). The topological polar surface area (TPSA) is 26.3 Å². The average Bonchev–Trinajstić information content (AvgIpc) is 2.14. The lowest BCUT2D eigenvalue weighted by molar-refractivity contribution is -0.154. The molecule has 2 nitrogen and oxygen atoms in total. The number of carbonyl (C=O) groups is 1. The van der Waals surface area contributed by atoms with Gasteiger partial charge in [-0.15, -0.1) is 0 Å². The lowest BCUT2D eigenvalue weighted by atomic mass is 9.91. The molecule has 1 aliphatic carbocycles. The number of esters is 1. The highest BCUT2D eigenvalue weighted by molar-refractivity contribution is 7.99. The third kappa shape index (κ3) is 6.97. The van der Waals surface area contributed by atoms with Crippen LogP contribution in [0.2, 0.25) is 0 Å². The van der Waals surface area contributed by atoms with Crippen molar-refractivity contribution in [2.24, 2.45) is 5.92 Å². The molecule has 0 amide bonds. The molecule has 0 bridgehead atoms. The number of thioether (sulfide) groups is 1. The molecule has 0 aromatic rings. The molecule has 0 N–H and O–H groups in total. The summed E-state index contributed by atoms with van der Waals surface area (Å²) in [6.45, 7) is 8.09. The molecule has 2 unspecified atom stereocenters. The third-order valence-electron chi connectivity index (χ3n) is 2.97. The van der Waals surface area contributed by atoms with Crippen molar-refractivity contribution in [1.29, 1.82) is 0 Å². The van der Waals surface area contributed by atoms with Crippen LogP contribution in [0.5, 0.6) is 0 Å². The molecule has 0 spiro atoms. The third-order valence-corrected chi connectivity index (χ3v) is 4.31. The Kier molecular flexibility index (Phi) is 5.84. The van der Waals surface area contributed by atoms with Crippen LogP contribution in [0.1, 0.15) is 59.8 Å². The van der Waals surface area contributed by atoms with Crippen molar-refractivity contribution in [3.05, 3.63) is 0 Å². The first-order chi connectivity index (χ1) is 7.87. The monoisotopic (exact) mass is 258 g/mol. The molecule has 0 aromatic carbocycles. The van der Waals surface area contributed by atoms with Crippen molar-refractivity contribution < 1.29 is 9.53 Å². The van der Waals surface area contributed by atoms with E-state index in [1.165, 1.54) is 25.7 Å². The van der Waals surface area contributed by atoms with Crippen molar-refractivity contribution >= 4 is 17.7 Å². The van der Waals surface area contributed by atoms with E-state index in [0.717, 1.165) is 16.9 Å². The Morgan fingerprint density at radius 2 is 2.06 bits per heavy atom. The van der Waals surface area contributed by atoms with Gasteiger partial charge in [0, 0.05) is 11.0 Å². The van der Waals surface area contributed by atoms with Gasteiger partial charge in [0.05, 0.1) is 6.42 Å². The quantitative estimate of drug-likeness (QED) is 0.712. The molecule has 2 atom stereocenters. The minimum absolute atomic E-state index is 0.0612. The summed E-state index contributed by atoms with van der Waals surface area (Å²) in [5.41, 5.74) is -0.346. The molecule has 1 aliphatic rings. The summed E-state index contributed by atoms with van der Waals surface area (Å²) in [7, 11) is 0. The van der Waals surface area contributed by atoms with Crippen molar-refractivity contribution in [3.8, 4) is 0 Å². The van der Waals surface area contributed by atoms with Crippen molar-refractivity contribution in [1.82, 2.24) is 0 Å². The lowest BCUT2D eigenvalue weighted by Gasteiger charge is -2.26. The Balaban J connectivity index is 2.13. The molecule has 17 heavy (non-hydrogen) atoms. The van der Waals surface area contributed by atoms with Crippen LogP contribution in [0, 0.1) is 5.92 Å². The number of hydrogen-bond donors (Lipinski definition) is 0. The minimum Gasteiger partial charge on any atom is -0.460 e. The Morgan fingerprint density at radius 3 is 2.65 bits per heavy atom. The fourth-order valence-electron chi connectivity index (χ4n) is 2.23. The fraction of sp³-hybridized carbons (Fsp3) is 0.929. The van der Waals surface area contributed by atoms with Crippen LogP contribution in [0.15, 0.2) is 0 Å². The second kappa shape index (κ2) is 6.67. The van der Waals surface area contributed by atoms with Crippen LogP contribution in [0.25, 0.3) is 0 Å². The van der Waals surface area contributed by atoms with E-state index in [9.17, 15) is 4.79 Å². The van der Waals surface area contributed by atoms with Gasteiger partial charge in [-0.2, -0.15) is 11.8 Å². The SMILES string of the molecule is CC1CCCC(SCCC(=O)OC(C)(C)C)C1. The zero-order valence-electron chi connectivity index (χ0n) is 11.6. The zero-order chi connectivity index (χ0) is 12.9. The summed E-state index contributed by atoms with van der Waals surface area (Å²) in [6, 6.07) is 0. The van der Waals surface area contributed by atoms with Crippen LogP contribution >= 0.6 is 11.8 Å². The van der Waals surface area contributed by atoms with Gasteiger partial charge in [0.1, 0.15) is 5.60 Å². The van der Waals surface area contributed by atoms with E-state index in [2.05, 4.69) is 6.92 Å². The molecule has 100 valence electrons. The molecule has 0 heterocycles. The number of hydrogen-bond acceptors (Lipinski definition) is 3. The smallest absolute Gasteiger partial charge is 0.307 e. The van der Waals surface area contributed by atoms with Gasteiger partial charge in [0.2, 0.25) is 0 Å². The summed E-state index contributed by atoms with van der Waals surface area (Å²) in [5, 5.41) is 0.765. The molecule has 1 fully saturated rings. The van der Waals surface area contributed by atoms with Gasteiger partial charge in [-0.1, -0.05) is 19.8 Å². The Labute approximate surface area is 110 Å². The summed E-state index contributed by atoms with van der Waals surface area (Å²) < 4.78 is 5.30. The minimum atomic E-state index is -0.346. The first kappa shape index (κ1) is 14.9. The number of carbonyl (C=O) groups excluding carboxylic acids is 1. The van der Waals surface area contributed by atoms with Gasteiger partial charge < -0.3 is 4.74 Å². The van der Waals surface area contributed by atoms with E-state index in [1.807, 2.05) is 32.5 Å². The van der Waals surface area contributed by atoms with Gasteiger partial charge in [0.15, 0.2) is 0 Å². The molecular formula is C14H26O2S. The second-order valence-electron chi connectivity index (χ2n) is 6.10. The van der Waals surface area contributed by atoms with E-state index in [-0.39, 0.29) is 11.6 Å². The lowest BCUT2D eigenvalue weighted by Crippen LogP contribution is -2.24. The highest BCUT2D eigenvalue weighted by Crippen LogP contribution is 2.32. The predicted octanol–water partition coefficient (Wildman–Crippen LogP) is 4.03. The zero-order valence-corrected chi connectivity index (χ0v) is 12.4. The number of rotatable bonds is 4. The highest BCUT2D eigenvalue weighted by atomic mass is 32.2. The van der Waals surface area contributed by atoms with Crippen LogP contribution in [0.3, 0.4) is 0 Å². The summed E-state index contributed by atoms with van der Waals surface area (Å²) in [6.07, 6.45) is 5.92. The average molecular weight is 258 g/mol. The van der Waals surface area contributed by atoms with Crippen LogP contribution in [-0.4, -0.2) is 22.6 Å². The van der Waals surface area contributed by atoms with E-state index < -0.39 is 0 Å². The molecule has 0 aliphatic heterocycles. The Hall–Kier alpha value is -0.180. The molecular weight excluding hydrogens is 232 g/mol. The Morgan fingerprint density at radius 1 is 1.35 bits per heavy atom. The van der Waals surface area contributed by atoms with Crippen molar-refractivity contribution in [3.63, 3.8) is 0 Å². The maximum atomic E-state index is 11.5. The first-order valence-electron chi connectivity index (χ1n) is 6.70. The first-order valence-corrected chi connectivity index (χ1v) is 7.75. The summed E-state index contributed by atoms with van der Waals surface area (Å²) in [4.78, 5) is 11.5. The van der Waals surface area contributed by atoms with E-state index >= 15 is 0 Å². The predicted molar refractivity (Wildman–Crippen MR) is 74.3 cm³/mol. The van der Waals surface area contributed by atoms with Crippen LogP contribution in [-0.2, 0) is 9.53 Å². The molecule has 3 heteroatoms. The molecule has 1 saturated carbocycles. The van der Waals surface area contributed by atoms with Crippen molar-refractivity contribution in [2.45, 2.75) is 70.7 Å². The van der Waals surface area contributed by atoms with Gasteiger partial charge >= 0.3 is 5.97 Å². The fourth-order valence-corrected chi connectivity index (χ4v) is 3.65.